The molecule has 2 heterocycles. The molecule has 1 aromatic heterocycles. The highest BCUT2D eigenvalue weighted by atomic mass is 32.2. The first-order chi connectivity index (χ1) is 15.0. The predicted molar refractivity (Wildman–Crippen MR) is 116 cm³/mol. The van der Waals surface area contributed by atoms with Crippen molar-refractivity contribution in [3.63, 3.8) is 0 Å². The number of methoxy groups -OCH3 is 1. The number of hydrogen-bond acceptors (Lipinski definition) is 7. The quantitative estimate of drug-likeness (QED) is 0.431. The third kappa shape index (κ3) is 7.65. The molecule has 0 bridgehead atoms. The fourth-order valence-electron chi connectivity index (χ4n) is 3.05. The molecule has 0 spiro atoms. The first-order valence-corrected chi connectivity index (χ1v) is 10.9. The summed E-state index contributed by atoms with van der Waals surface area (Å²) in [6, 6.07) is 10.7. The van der Waals surface area contributed by atoms with E-state index in [2.05, 4.69) is 21.3 Å². The van der Waals surface area contributed by atoms with E-state index in [9.17, 15) is 14.4 Å². The van der Waals surface area contributed by atoms with Crippen LogP contribution in [0.3, 0.4) is 0 Å². The molecule has 2 atom stereocenters. The van der Waals surface area contributed by atoms with Crippen molar-refractivity contribution in [1.82, 2.24) is 21.3 Å². The molecule has 0 radical (unpaired) electrons. The highest BCUT2D eigenvalue weighted by molar-refractivity contribution is 8.00. The zero-order valence-corrected chi connectivity index (χ0v) is 18.0. The number of carbonyl (C=O) groups is 3. The van der Waals surface area contributed by atoms with Crippen molar-refractivity contribution >= 4 is 29.5 Å². The van der Waals surface area contributed by atoms with Gasteiger partial charge in [0.15, 0.2) is 0 Å². The Labute approximate surface area is 184 Å². The van der Waals surface area contributed by atoms with Crippen LogP contribution in [0.25, 0.3) is 0 Å². The maximum atomic E-state index is 12.3. The SMILES string of the molecule is COc1cccc(CNC(=O)CC2CC(=O)NC(SCC(=O)NCc3ccco3)N2)c1. The van der Waals surface area contributed by atoms with E-state index in [1.165, 1.54) is 11.8 Å². The standard InChI is InChI=1S/C21H26N4O5S/c1-29-16-5-2-4-14(8-16)11-22-18(26)9-15-10-19(27)25-21(24-15)31-13-20(28)23-12-17-6-3-7-30-17/h2-8,15,21,24H,9-13H2,1H3,(H,22,26)(H,23,28)(H,25,27). The molecule has 2 unspecified atom stereocenters. The Morgan fingerprint density at radius 2 is 2.03 bits per heavy atom. The Balaban J connectivity index is 1.39. The largest absolute Gasteiger partial charge is 0.497 e. The zero-order chi connectivity index (χ0) is 22.1. The maximum Gasteiger partial charge on any atom is 0.230 e. The number of rotatable bonds is 10. The molecule has 166 valence electrons. The highest BCUT2D eigenvalue weighted by Crippen LogP contribution is 2.15. The molecule has 1 aliphatic rings. The molecule has 1 aromatic carbocycles. The van der Waals surface area contributed by atoms with Crippen molar-refractivity contribution in [2.24, 2.45) is 0 Å². The van der Waals surface area contributed by atoms with Crippen LogP contribution in [0.4, 0.5) is 0 Å². The second-order valence-electron chi connectivity index (χ2n) is 7.01. The second kappa shape index (κ2) is 11.4. The number of benzene rings is 1. The molecule has 3 rings (SSSR count). The molecule has 2 aromatic rings. The van der Waals surface area contributed by atoms with Gasteiger partial charge < -0.3 is 25.1 Å². The lowest BCUT2D eigenvalue weighted by atomic mass is 10.1. The molecule has 1 aliphatic heterocycles. The van der Waals surface area contributed by atoms with Gasteiger partial charge in [-0.3, -0.25) is 19.7 Å². The fraction of sp³-hybridized carbons (Fsp3) is 0.381. The summed E-state index contributed by atoms with van der Waals surface area (Å²) in [5.41, 5.74) is 0.489. The van der Waals surface area contributed by atoms with Gasteiger partial charge >= 0.3 is 0 Å². The first-order valence-electron chi connectivity index (χ1n) is 9.87. The van der Waals surface area contributed by atoms with E-state index in [1.54, 1.807) is 25.5 Å². The van der Waals surface area contributed by atoms with E-state index in [4.69, 9.17) is 9.15 Å². The van der Waals surface area contributed by atoms with Crippen LogP contribution in [0.15, 0.2) is 47.1 Å². The van der Waals surface area contributed by atoms with Crippen LogP contribution < -0.4 is 26.0 Å². The van der Waals surface area contributed by atoms with Gasteiger partial charge in [-0.1, -0.05) is 12.1 Å². The van der Waals surface area contributed by atoms with Crippen molar-refractivity contribution in [3.8, 4) is 5.75 Å². The Morgan fingerprint density at radius 3 is 2.81 bits per heavy atom. The third-order valence-electron chi connectivity index (χ3n) is 4.59. The number of hydrogen-bond donors (Lipinski definition) is 4. The van der Waals surface area contributed by atoms with Crippen LogP contribution >= 0.6 is 11.8 Å². The van der Waals surface area contributed by atoms with E-state index >= 15 is 0 Å². The molecule has 1 fully saturated rings. The maximum absolute atomic E-state index is 12.3. The lowest BCUT2D eigenvalue weighted by Crippen LogP contribution is -2.56. The van der Waals surface area contributed by atoms with E-state index in [0.29, 0.717) is 18.8 Å². The van der Waals surface area contributed by atoms with Gasteiger partial charge in [0.05, 0.1) is 25.7 Å². The van der Waals surface area contributed by atoms with Crippen LogP contribution in [-0.4, -0.2) is 42.1 Å². The second-order valence-corrected chi connectivity index (χ2v) is 8.11. The van der Waals surface area contributed by atoms with Gasteiger partial charge in [-0.25, -0.2) is 0 Å². The summed E-state index contributed by atoms with van der Waals surface area (Å²) >= 11 is 1.26. The van der Waals surface area contributed by atoms with Crippen LogP contribution in [0.2, 0.25) is 0 Å². The van der Waals surface area contributed by atoms with E-state index < -0.39 is 5.50 Å². The van der Waals surface area contributed by atoms with Crippen molar-refractivity contribution in [2.45, 2.75) is 37.5 Å². The minimum absolute atomic E-state index is 0.155. The molecule has 9 nitrogen and oxygen atoms in total. The van der Waals surface area contributed by atoms with Crippen molar-refractivity contribution in [2.75, 3.05) is 12.9 Å². The fourth-order valence-corrected chi connectivity index (χ4v) is 3.98. The van der Waals surface area contributed by atoms with Crippen LogP contribution in [0.5, 0.6) is 5.75 Å². The Hall–Kier alpha value is -2.98. The number of carbonyl (C=O) groups excluding carboxylic acids is 3. The average molecular weight is 447 g/mol. The summed E-state index contributed by atoms with van der Waals surface area (Å²) in [4.78, 5) is 36.3. The Kier molecular flexibility index (Phi) is 8.36. The van der Waals surface area contributed by atoms with Gasteiger partial charge in [-0.2, -0.15) is 0 Å². The van der Waals surface area contributed by atoms with Crippen LogP contribution in [0.1, 0.15) is 24.2 Å². The van der Waals surface area contributed by atoms with Gasteiger partial charge in [0.1, 0.15) is 17.0 Å². The molecule has 0 aliphatic carbocycles. The average Bonchev–Trinajstić information content (AvgIpc) is 3.28. The number of ether oxygens (including phenoxy) is 1. The van der Waals surface area contributed by atoms with Gasteiger partial charge in [0.25, 0.3) is 0 Å². The van der Waals surface area contributed by atoms with Crippen LogP contribution in [-0.2, 0) is 27.5 Å². The number of furan rings is 1. The van der Waals surface area contributed by atoms with Gasteiger partial charge in [-0.15, -0.1) is 11.8 Å². The third-order valence-corrected chi connectivity index (χ3v) is 5.60. The molecular formula is C21H26N4O5S. The van der Waals surface area contributed by atoms with Gasteiger partial charge in [0, 0.05) is 25.4 Å². The lowest BCUT2D eigenvalue weighted by molar-refractivity contribution is -0.125. The molecule has 31 heavy (non-hydrogen) atoms. The zero-order valence-electron chi connectivity index (χ0n) is 17.2. The highest BCUT2D eigenvalue weighted by Gasteiger charge is 2.28. The topological polar surface area (TPSA) is 122 Å². The molecule has 10 heteroatoms. The monoisotopic (exact) mass is 446 g/mol. The molecule has 4 N–H and O–H groups in total. The summed E-state index contributed by atoms with van der Waals surface area (Å²) in [7, 11) is 1.59. The summed E-state index contributed by atoms with van der Waals surface area (Å²) in [5.74, 6) is 1.07. The number of nitrogens with one attached hydrogen (secondary N) is 4. The van der Waals surface area contributed by atoms with E-state index in [1.807, 2.05) is 24.3 Å². The minimum atomic E-state index is -0.438. The van der Waals surface area contributed by atoms with Crippen molar-refractivity contribution in [1.29, 1.82) is 0 Å². The van der Waals surface area contributed by atoms with Crippen LogP contribution in [0, 0.1) is 0 Å². The van der Waals surface area contributed by atoms with Crippen molar-refractivity contribution in [3.05, 3.63) is 54.0 Å². The molecular weight excluding hydrogens is 420 g/mol. The Bertz CT molecular complexity index is 890. The van der Waals surface area contributed by atoms with Gasteiger partial charge in [-0.05, 0) is 29.8 Å². The summed E-state index contributed by atoms with van der Waals surface area (Å²) in [5, 5.41) is 11.6. The van der Waals surface area contributed by atoms with E-state index in [0.717, 1.165) is 11.3 Å². The molecule has 3 amide bonds. The van der Waals surface area contributed by atoms with E-state index in [-0.39, 0.29) is 42.4 Å². The summed E-state index contributed by atoms with van der Waals surface area (Å²) in [6.45, 7) is 0.690. The normalized spacial score (nSPS) is 18.2. The van der Waals surface area contributed by atoms with Crippen molar-refractivity contribution < 1.29 is 23.5 Å². The van der Waals surface area contributed by atoms with Gasteiger partial charge in [0.2, 0.25) is 17.7 Å². The number of amides is 3. The predicted octanol–water partition coefficient (Wildman–Crippen LogP) is 1.11. The summed E-state index contributed by atoms with van der Waals surface area (Å²) in [6.07, 6.45) is 1.91. The lowest BCUT2D eigenvalue weighted by Gasteiger charge is -2.30. The first kappa shape index (κ1) is 22.7. The summed E-state index contributed by atoms with van der Waals surface area (Å²) < 4.78 is 10.3. The number of thioether (sulfide) groups is 1. The molecule has 0 saturated carbocycles. The molecule has 1 saturated heterocycles. The Morgan fingerprint density at radius 1 is 1.19 bits per heavy atom. The smallest absolute Gasteiger partial charge is 0.230 e. The minimum Gasteiger partial charge on any atom is -0.497 e.